The molecule has 7 heteroatoms. The third-order valence-corrected chi connectivity index (χ3v) is 4.63. The van der Waals surface area contributed by atoms with Crippen LogP contribution in [0.3, 0.4) is 0 Å². The summed E-state index contributed by atoms with van der Waals surface area (Å²) < 4.78 is 0. The van der Waals surface area contributed by atoms with Gasteiger partial charge in [0.1, 0.15) is 5.69 Å². The Hall–Kier alpha value is -4.52. The number of rotatable bonds is 5. The highest BCUT2D eigenvalue weighted by Crippen LogP contribution is 2.17. The minimum atomic E-state index is -0.601. The Bertz CT molecular complexity index is 1230. The standard InChI is InChI=1S/C24H18N4O3/c29-22(17-11-5-2-6-12-17)18-13-7-8-14-19(18)23(30)27-28-24(31)21-15-20(25-26-21)16-9-3-1-4-10-16/h1-15H,(H,25,26)(H,27,30)(H,28,31). The summed E-state index contributed by atoms with van der Waals surface area (Å²) >= 11 is 0. The molecule has 152 valence electrons. The van der Waals surface area contributed by atoms with E-state index in [1.807, 2.05) is 36.4 Å². The molecule has 0 aliphatic carbocycles. The maximum atomic E-state index is 12.8. The Morgan fingerprint density at radius 3 is 1.97 bits per heavy atom. The van der Waals surface area contributed by atoms with Crippen molar-refractivity contribution in [3.8, 4) is 11.3 Å². The summed E-state index contributed by atoms with van der Waals surface area (Å²) in [6.07, 6.45) is 0. The van der Waals surface area contributed by atoms with Crippen molar-refractivity contribution >= 4 is 17.6 Å². The second-order valence-electron chi connectivity index (χ2n) is 6.68. The zero-order valence-electron chi connectivity index (χ0n) is 16.3. The number of carbonyl (C=O) groups excluding carboxylic acids is 3. The molecule has 0 saturated carbocycles. The van der Waals surface area contributed by atoms with Gasteiger partial charge < -0.3 is 0 Å². The van der Waals surface area contributed by atoms with Gasteiger partial charge in [-0.1, -0.05) is 78.9 Å². The van der Waals surface area contributed by atoms with Crippen LogP contribution in [0.5, 0.6) is 0 Å². The number of nitrogens with zero attached hydrogens (tertiary/aromatic N) is 1. The van der Waals surface area contributed by atoms with E-state index >= 15 is 0 Å². The van der Waals surface area contributed by atoms with E-state index in [2.05, 4.69) is 21.0 Å². The predicted molar refractivity (Wildman–Crippen MR) is 115 cm³/mol. The Labute approximate surface area is 178 Å². The fraction of sp³-hybridized carbons (Fsp3) is 0. The van der Waals surface area contributed by atoms with Crippen LogP contribution in [0.25, 0.3) is 11.3 Å². The van der Waals surface area contributed by atoms with Crippen molar-refractivity contribution in [3.05, 3.63) is 113 Å². The average Bonchev–Trinajstić information content (AvgIpc) is 3.33. The fourth-order valence-corrected chi connectivity index (χ4v) is 3.07. The monoisotopic (exact) mass is 410 g/mol. The average molecular weight is 410 g/mol. The van der Waals surface area contributed by atoms with Gasteiger partial charge in [0.15, 0.2) is 5.78 Å². The zero-order valence-corrected chi connectivity index (χ0v) is 16.3. The summed E-state index contributed by atoms with van der Waals surface area (Å²) in [5.41, 5.74) is 7.23. The first kappa shape index (κ1) is 19.8. The Morgan fingerprint density at radius 1 is 0.677 bits per heavy atom. The number of benzene rings is 3. The molecular formula is C24H18N4O3. The number of amides is 2. The molecule has 3 aromatic carbocycles. The molecule has 3 N–H and O–H groups in total. The largest absolute Gasteiger partial charge is 0.289 e. The van der Waals surface area contributed by atoms with E-state index in [9.17, 15) is 14.4 Å². The van der Waals surface area contributed by atoms with Crippen molar-refractivity contribution in [3.63, 3.8) is 0 Å². The van der Waals surface area contributed by atoms with E-state index in [-0.39, 0.29) is 22.6 Å². The third kappa shape index (κ3) is 4.40. The van der Waals surface area contributed by atoms with E-state index in [1.54, 1.807) is 48.5 Å². The molecule has 0 unspecified atom stereocenters. The predicted octanol–water partition coefficient (Wildman–Crippen LogP) is 3.38. The van der Waals surface area contributed by atoms with E-state index in [0.29, 0.717) is 11.3 Å². The number of H-pyrrole nitrogens is 1. The molecule has 2 amide bonds. The van der Waals surface area contributed by atoms with Crippen LogP contribution in [0.4, 0.5) is 0 Å². The molecular weight excluding hydrogens is 392 g/mol. The molecule has 0 aliphatic rings. The topological polar surface area (TPSA) is 104 Å². The molecule has 1 heterocycles. The molecule has 0 radical (unpaired) electrons. The molecule has 0 spiro atoms. The first-order valence-corrected chi connectivity index (χ1v) is 9.54. The van der Waals surface area contributed by atoms with E-state index in [4.69, 9.17) is 0 Å². The quantitative estimate of drug-likeness (QED) is 0.347. The van der Waals surface area contributed by atoms with Gasteiger partial charge in [0.2, 0.25) is 0 Å². The zero-order chi connectivity index (χ0) is 21.6. The minimum absolute atomic E-state index is 0.159. The van der Waals surface area contributed by atoms with Gasteiger partial charge in [0.05, 0.1) is 11.3 Å². The van der Waals surface area contributed by atoms with Crippen molar-refractivity contribution in [1.82, 2.24) is 21.0 Å². The summed E-state index contributed by atoms with van der Waals surface area (Å²) in [5, 5.41) is 6.77. The van der Waals surface area contributed by atoms with Gasteiger partial charge in [-0.3, -0.25) is 30.3 Å². The lowest BCUT2D eigenvalue weighted by Crippen LogP contribution is -2.42. The maximum Gasteiger partial charge on any atom is 0.287 e. The number of aromatic nitrogens is 2. The normalized spacial score (nSPS) is 10.3. The highest BCUT2D eigenvalue weighted by atomic mass is 16.2. The second kappa shape index (κ2) is 8.87. The molecule has 4 aromatic rings. The third-order valence-electron chi connectivity index (χ3n) is 4.63. The van der Waals surface area contributed by atoms with E-state index < -0.39 is 11.8 Å². The second-order valence-corrected chi connectivity index (χ2v) is 6.68. The summed E-state index contributed by atoms with van der Waals surface area (Å²) in [7, 11) is 0. The molecule has 31 heavy (non-hydrogen) atoms. The molecule has 0 fully saturated rings. The van der Waals surface area contributed by atoms with Crippen LogP contribution in [0.1, 0.15) is 36.8 Å². The van der Waals surface area contributed by atoms with Crippen molar-refractivity contribution in [2.24, 2.45) is 0 Å². The highest BCUT2D eigenvalue weighted by Gasteiger charge is 2.19. The van der Waals surface area contributed by atoms with Crippen molar-refractivity contribution < 1.29 is 14.4 Å². The van der Waals surface area contributed by atoms with E-state index in [1.165, 1.54) is 6.07 Å². The molecule has 0 atom stereocenters. The number of aromatic amines is 1. The number of nitrogens with one attached hydrogen (secondary N) is 3. The molecule has 0 bridgehead atoms. The van der Waals surface area contributed by atoms with Gasteiger partial charge in [0, 0.05) is 16.7 Å². The fourth-order valence-electron chi connectivity index (χ4n) is 3.07. The smallest absolute Gasteiger partial charge is 0.287 e. The molecule has 0 saturated heterocycles. The summed E-state index contributed by atoms with van der Waals surface area (Å²) in [5.74, 6) is -1.44. The summed E-state index contributed by atoms with van der Waals surface area (Å²) in [6, 6.07) is 26.1. The first-order valence-electron chi connectivity index (χ1n) is 9.54. The van der Waals surface area contributed by atoms with Crippen LogP contribution >= 0.6 is 0 Å². The molecule has 0 aliphatic heterocycles. The lowest BCUT2D eigenvalue weighted by Gasteiger charge is -2.10. The number of carbonyl (C=O) groups is 3. The van der Waals surface area contributed by atoms with Crippen LogP contribution in [0, 0.1) is 0 Å². The van der Waals surface area contributed by atoms with Crippen molar-refractivity contribution in [1.29, 1.82) is 0 Å². The Kier molecular flexibility index (Phi) is 5.66. The number of ketones is 1. The number of hydrogen-bond donors (Lipinski definition) is 3. The van der Waals surface area contributed by atoms with Crippen LogP contribution in [0.2, 0.25) is 0 Å². The number of hydrazine groups is 1. The molecule has 1 aromatic heterocycles. The maximum absolute atomic E-state index is 12.8. The summed E-state index contributed by atoms with van der Waals surface area (Å²) in [6.45, 7) is 0. The van der Waals surface area contributed by atoms with Crippen LogP contribution < -0.4 is 10.9 Å². The number of hydrogen-bond acceptors (Lipinski definition) is 4. The van der Waals surface area contributed by atoms with Crippen molar-refractivity contribution in [2.45, 2.75) is 0 Å². The lowest BCUT2D eigenvalue weighted by molar-refractivity contribution is 0.0842. The van der Waals surface area contributed by atoms with Gasteiger partial charge in [0.25, 0.3) is 11.8 Å². The van der Waals surface area contributed by atoms with Crippen LogP contribution in [-0.4, -0.2) is 27.8 Å². The lowest BCUT2D eigenvalue weighted by atomic mass is 9.98. The Morgan fingerprint density at radius 2 is 1.26 bits per heavy atom. The van der Waals surface area contributed by atoms with Gasteiger partial charge in [-0.25, -0.2) is 0 Å². The van der Waals surface area contributed by atoms with Crippen LogP contribution in [0.15, 0.2) is 91.0 Å². The van der Waals surface area contributed by atoms with Crippen LogP contribution in [-0.2, 0) is 0 Å². The van der Waals surface area contributed by atoms with Gasteiger partial charge >= 0.3 is 0 Å². The van der Waals surface area contributed by atoms with E-state index in [0.717, 1.165) is 5.56 Å². The SMILES string of the molecule is O=C(NNC(=O)c1ccccc1C(=O)c1ccccc1)c1cc(-c2ccccc2)n[nH]1. The molecule has 4 rings (SSSR count). The Balaban J connectivity index is 1.46. The highest BCUT2D eigenvalue weighted by molar-refractivity contribution is 6.15. The summed E-state index contributed by atoms with van der Waals surface area (Å²) in [4.78, 5) is 37.8. The first-order chi connectivity index (χ1) is 15.1. The molecule has 7 nitrogen and oxygen atoms in total. The van der Waals surface area contributed by atoms with Gasteiger partial charge in [-0.05, 0) is 12.1 Å². The minimum Gasteiger partial charge on any atom is -0.289 e. The van der Waals surface area contributed by atoms with Gasteiger partial charge in [-0.2, -0.15) is 5.10 Å². The van der Waals surface area contributed by atoms with Gasteiger partial charge in [-0.15, -0.1) is 0 Å². The van der Waals surface area contributed by atoms with Crippen molar-refractivity contribution in [2.75, 3.05) is 0 Å².